The van der Waals surface area contributed by atoms with E-state index in [0.29, 0.717) is 22.5 Å². The van der Waals surface area contributed by atoms with Crippen LogP contribution in [0.25, 0.3) is 0 Å². The first-order valence-corrected chi connectivity index (χ1v) is 7.17. The van der Waals surface area contributed by atoms with Crippen LogP contribution in [-0.2, 0) is 4.79 Å². The SMILES string of the molecule is CC(=N)/C(=C(/C=O)NC1CC1)C(C)c1ccc(Cl)cc1. The average molecular weight is 291 g/mol. The highest BCUT2D eigenvalue weighted by atomic mass is 35.5. The molecule has 4 heteroatoms. The Hall–Kier alpha value is -1.61. The van der Waals surface area contributed by atoms with Crippen LogP contribution >= 0.6 is 11.6 Å². The molecule has 2 N–H and O–H groups in total. The Morgan fingerprint density at radius 3 is 2.45 bits per heavy atom. The molecular weight excluding hydrogens is 272 g/mol. The van der Waals surface area contributed by atoms with Crippen LogP contribution in [0.5, 0.6) is 0 Å². The number of carbonyl (C=O) groups is 1. The molecule has 2 rings (SSSR count). The molecule has 0 saturated heterocycles. The van der Waals surface area contributed by atoms with Gasteiger partial charge in [-0.15, -0.1) is 0 Å². The third-order valence-electron chi connectivity index (χ3n) is 3.55. The molecule has 1 aliphatic carbocycles. The summed E-state index contributed by atoms with van der Waals surface area (Å²) in [6.45, 7) is 3.73. The van der Waals surface area contributed by atoms with E-state index in [4.69, 9.17) is 17.0 Å². The number of carbonyl (C=O) groups excluding carboxylic acids is 1. The second-order valence-electron chi connectivity index (χ2n) is 5.26. The maximum atomic E-state index is 11.4. The maximum Gasteiger partial charge on any atom is 0.166 e. The highest BCUT2D eigenvalue weighted by molar-refractivity contribution is 6.30. The van der Waals surface area contributed by atoms with Crippen molar-refractivity contribution in [2.75, 3.05) is 0 Å². The Labute approximate surface area is 124 Å². The topological polar surface area (TPSA) is 53.0 Å². The van der Waals surface area contributed by atoms with Gasteiger partial charge in [0.25, 0.3) is 0 Å². The largest absolute Gasteiger partial charge is 0.379 e. The van der Waals surface area contributed by atoms with E-state index in [1.54, 1.807) is 6.92 Å². The Morgan fingerprint density at radius 1 is 1.40 bits per heavy atom. The summed E-state index contributed by atoms with van der Waals surface area (Å²) in [7, 11) is 0. The molecule has 1 saturated carbocycles. The lowest BCUT2D eigenvalue weighted by Crippen LogP contribution is -2.23. The van der Waals surface area contributed by atoms with Crippen LogP contribution in [0.3, 0.4) is 0 Å². The zero-order valence-corrected chi connectivity index (χ0v) is 12.5. The minimum atomic E-state index is -0.0174. The van der Waals surface area contributed by atoms with Gasteiger partial charge >= 0.3 is 0 Å². The highest BCUT2D eigenvalue weighted by Gasteiger charge is 2.25. The Morgan fingerprint density at radius 2 is 2.00 bits per heavy atom. The molecule has 0 spiro atoms. The summed E-state index contributed by atoms with van der Waals surface area (Å²) < 4.78 is 0. The fourth-order valence-electron chi connectivity index (χ4n) is 2.30. The highest BCUT2D eigenvalue weighted by Crippen LogP contribution is 2.29. The molecule has 0 heterocycles. The Kier molecular flexibility index (Phi) is 4.61. The Bertz CT molecular complexity index is 544. The van der Waals surface area contributed by atoms with Crippen LogP contribution in [-0.4, -0.2) is 18.0 Å². The molecule has 1 aromatic carbocycles. The van der Waals surface area contributed by atoms with Crippen LogP contribution in [0, 0.1) is 5.41 Å². The molecule has 0 aromatic heterocycles. The van der Waals surface area contributed by atoms with E-state index < -0.39 is 0 Å². The molecule has 1 fully saturated rings. The predicted molar refractivity (Wildman–Crippen MR) is 82.5 cm³/mol. The van der Waals surface area contributed by atoms with Crippen molar-refractivity contribution in [3.05, 3.63) is 46.1 Å². The quantitative estimate of drug-likeness (QED) is 0.477. The van der Waals surface area contributed by atoms with Gasteiger partial charge in [-0.05, 0) is 37.5 Å². The van der Waals surface area contributed by atoms with Crippen molar-refractivity contribution in [2.45, 2.75) is 38.6 Å². The molecule has 0 aliphatic heterocycles. The number of benzene rings is 1. The number of nitrogens with one attached hydrogen (secondary N) is 2. The van der Waals surface area contributed by atoms with Gasteiger partial charge in [0.15, 0.2) is 6.29 Å². The third kappa shape index (κ3) is 3.48. The zero-order valence-electron chi connectivity index (χ0n) is 11.7. The third-order valence-corrected chi connectivity index (χ3v) is 3.80. The summed E-state index contributed by atoms with van der Waals surface area (Å²) >= 11 is 5.90. The lowest BCUT2D eigenvalue weighted by atomic mass is 9.89. The van der Waals surface area contributed by atoms with Gasteiger partial charge in [-0.25, -0.2) is 0 Å². The first-order valence-electron chi connectivity index (χ1n) is 6.79. The Balaban J connectivity index is 2.35. The molecule has 1 unspecified atom stereocenters. The van der Waals surface area contributed by atoms with Gasteiger partial charge < -0.3 is 10.7 Å². The van der Waals surface area contributed by atoms with Crippen molar-refractivity contribution in [3.8, 4) is 0 Å². The molecule has 0 amide bonds. The lowest BCUT2D eigenvalue weighted by Gasteiger charge is -2.19. The van der Waals surface area contributed by atoms with Crippen molar-refractivity contribution in [3.63, 3.8) is 0 Å². The monoisotopic (exact) mass is 290 g/mol. The van der Waals surface area contributed by atoms with Crippen LogP contribution in [0.15, 0.2) is 35.5 Å². The molecule has 1 aromatic rings. The second kappa shape index (κ2) is 6.23. The van der Waals surface area contributed by atoms with Crippen molar-refractivity contribution in [1.29, 1.82) is 5.41 Å². The average Bonchev–Trinajstić information content (AvgIpc) is 3.22. The van der Waals surface area contributed by atoms with Gasteiger partial charge in [-0.1, -0.05) is 30.7 Å². The van der Waals surface area contributed by atoms with Gasteiger partial charge in [0, 0.05) is 28.3 Å². The summed E-state index contributed by atoms with van der Waals surface area (Å²) in [5, 5.41) is 11.9. The second-order valence-corrected chi connectivity index (χ2v) is 5.70. The molecule has 0 radical (unpaired) electrons. The van der Waals surface area contributed by atoms with Crippen molar-refractivity contribution in [1.82, 2.24) is 5.32 Å². The summed E-state index contributed by atoms with van der Waals surface area (Å²) in [4.78, 5) is 11.4. The minimum absolute atomic E-state index is 0.0174. The van der Waals surface area contributed by atoms with E-state index in [1.165, 1.54) is 0 Å². The summed E-state index contributed by atoms with van der Waals surface area (Å²) in [5.74, 6) is -0.0174. The fourth-order valence-corrected chi connectivity index (χ4v) is 2.43. The number of hydrogen-bond donors (Lipinski definition) is 2. The van der Waals surface area contributed by atoms with Gasteiger partial charge in [-0.2, -0.15) is 0 Å². The summed E-state index contributed by atoms with van der Waals surface area (Å²) in [6, 6.07) is 7.94. The number of halogens is 1. The van der Waals surface area contributed by atoms with E-state index >= 15 is 0 Å². The summed E-state index contributed by atoms with van der Waals surface area (Å²) in [6.07, 6.45) is 3.02. The molecule has 3 nitrogen and oxygen atoms in total. The predicted octanol–water partition coefficient (Wildman–Crippen LogP) is 3.69. The van der Waals surface area contributed by atoms with Crippen LogP contribution in [0.4, 0.5) is 0 Å². The lowest BCUT2D eigenvalue weighted by molar-refractivity contribution is -0.105. The van der Waals surface area contributed by atoms with E-state index in [9.17, 15) is 4.79 Å². The standard InChI is InChI=1S/C16H19ClN2O/c1-10(12-3-5-13(17)6-4-12)16(11(2)18)15(9-20)19-14-7-8-14/h3-6,9-10,14,18-19H,7-8H2,1-2H3/b16-15-,18-11?. The summed E-state index contributed by atoms with van der Waals surface area (Å²) in [5.41, 5.74) is 2.77. The zero-order chi connectivity index (χ0) is 14.7. The van der Waals surface area contributed by atoms with Crippen LogP contribution in [0.2, 0.25) is 5.02 Å². The fraction of sp³-hybridized carbons (Fsp3) is 0.375. The molecule has 0 bridgehead atoms. The van der Waals surface area contributed by atoms with Crippen molar-refractivity contribution in [2.24, 2.45) is 0 Å². The molecule has 1 aliphatic rings. The molecule has 1 atom stereocenters. The molecule has 106 valence electrons. The van der Waals surface area contributed by atoms with Gasteiger partial charge in [0.05, 0.1) is 5.70 Å². The first kappa shape index (κ1) is 14.8. The number of hydrogen-bond acceptors (Lipinski definition) is 3. The molecule has 20 heavy (non-hydrogen) atoms. The van der Waals surface area contributed by atoms with Gasteiger partial charge in [0.2, 0.25) is 0 Å². The van der Waals surface area contributed by atoms with Crippen LogP contribution in [0.1, 0.15) is 38.2 Å². The number of aldehydes is 1. The van der Waals surface area contributed by atoms with Crippen molar-refractivity contribution >= 4 is 23.6 Å². The van der Waals surface area contributed by atoms with E-state index in [2.05, 4.69) is 5.32 Å². The van der Waals surface area contributed by atoms with Crippen LogP contribution < -0.4 is 5.32 Å². The van der Waals surface area contributed by atoms with E-state index in [-0.39, 0.29) is 5.92 Å². The normalized spacial score (nSPS) is 17.1. The number of rotatable bonds is 6. The smallest absolute Gasteiger partial charge is 0.166 e. The van der Waals surface area contributed by atoms with E-state index in [0.717, 1.165) is 30.3 Å². The van der Waals surface area contributed by atoms with Gasteiger partial charge in [0.1, 0.15) is 0 Å². The number of allylic oxidation sites excluding steroid dienone is 2. The van der Waals surface area contributed by atoms with Crippen molar-refractivity contribution < 1.29 is 4.79 Å². The van der Waals surface area contributed by atoms with Gasteiger partial charge in [-0.3, -0.25) is 4.79 Å². The maximum absolute atomic E-state index is 11.4. The minimum Gasteiger partial charge on any atom is -0.379 e. The first-order chi connectivity index (χ1) is 9.52. The molecular formula is C16H19ClN2O. The van der Waals surface area contributed by atoms with E-state index in [1.807, 2.05) is 31.2 Å².